The Morgan fingerprint density at radius 3 is 2.46 bits per heavy atom. The van der Waals surface area contributed by atoms with Crippen molar-refractivity contribution in [2.24, 2.45) is 0 Å². The number of carbonyl (C=O) groups excluding carboxylic acids is 2. The molecule has 0 spiro atoms. The first-order valence-corrected chi connectivity index (χ1v) is 4.49. The highest BCUT2D eigenvalue weighted by molar-refractivity contribution is 5.95. The fourth-order valence-electron chi connectivity index (χ4n) is 0.862. The van der Waals surface area contributed by atoms with Gasteiger partial charge >= 0.3 is 5.97 Å². The van der Waals surface area contributed by atoms with Gasteiger partial charge in [0.2, 0.25) is 0 Å². The van der Waals surface area contributed by atoms with Gasteiger partial charge in [0.1, 0.15) is 0 Å². The molecule has 0 atom stereocenters. The molecule has 0 bridgehead atoms. The number of hydrogen-bond donors (Lipinski definition) is 0. The number of methoxy groups -OCH3 is 1. The van der Waals surface area contributed by atoms with E-state index in [0.29, 0.717) is 6.42 Å². The van der Waals surface area contributed by atoms with Crippen molar-refractivity contribution in [2.75, 3.05) is 7.11 Å². The number of unbranched alkanes of at least 4 members (excludes halogenated alkanes) is 2. The summed E-state index contributed by atoms with van der Waals surface area (Å²) in [5.41, 5.74) is 0. The van der Waals surface area contributed by atoms with Crippen LogP contribution in [0.25, 0.3) is 0 Å². The maximum absolute atomic E-state index is 11.0. The lowest BCUT2D eigenvalue weighted by Gasteiger charge is -1.93. The standard InChI is InChI=1S/C10H16O3/c1-3-4-5-6-9(11)7-8-10(12)13-2/h7-8H,3-6H2,1-2H3/b8-7+. The largest absolute Gasteiger partial charge is 0.466 e. The topological polar surface area (TPSA) is 43.4 Å². The van der Waals surface area contributed by atoms with Crippen molar-refractivity contribution < 1.29 is 14.3 Å². The van der Waals surface area contributed by atoms with Crippen molar-refractivity contribution in [1.82, 2.24) is 0 Å². The van der Waals surface area contributed by atoms with E-state index in [-0.39, 0.29) is 5.78 Å². The Labute approximate surface area is 78.8 Å². The van der Waals surface area contributed by atoms with Crippen LogP contribution in [0.5, 0.6) is 0 Å². The molecule has 0 aromatic heterocycles. The molecular formula is C10H16O3. The van der Waals surface area contributed by atoms with Crippen LogP contribution in [0.2, 0.25) is 0 Å². The van der Waals surface area contributed by atoms with Crippen LogP contribution in [0.1, 0.15) is 32.6 Å². The minimum atomic E-state index is -0.483. The molecule has 0 unspecified atom stereocenters. The van der Waals surface area contributed by atoms with Crippen LogP contribution in [0.4, 0.5) is 0 Å². The van der Waals surface area contributed by atoms with E-state index in [2.05, 4.69) is 11.7 Å². The van der Waals surface area contributed by atoms with Crippen molar-refractivity contribution in [3.63, 3.8) is 0 Å². The van der Waals surface area contributed by atoms with Crippen molar-refractivity contribution in [3.8, 4) is 0 Å². The Kier molecular flexibility index (Phi) is 6.88. The number of hydrogen-bond acceptors (Lipinski definition) is 3. The molecule has 0 aliphatic rings. The lowest BCUT2D eigenvalue weighted by Crippen LogP contribution is -1.98. The van der Waals surface area contributed by atoms with Gasteiger partial charge in [0.25, 0.3) is 0 Å². The minimum absolute atomic E-state index is 0.0150. The predicted molar refractivity (Wildman–Crippen MR) is 50.3 cm³/mol. The molecule has 13 heavy (non-hydrogen) atoms. The molecule has 0 heterocycles. The zero-order valence-electron chi connectivity index (χ0n) is 8.21. The second kappa shape index (κ2) is 7.53. The average molecular weight is 184 g/mol. The number of ether oxygens (including phenoxy) is 1. The van der Waals surface area contributed by atoms with E-state index in [1.807, 2.05) is 0 Å². The van der Waals surface area contributed by atoms with Gasteiger partial charge in [-0.05, 0) is 12.5 Å². The van der Waals surface area contributed by atoms with Gasteiger partial charge in [-0.15, -0.1) is 0 Å². The summed E-state index contributed by atoms with van der Waals surface area (Å²) in [6.07, 6.45) is 5.99. The quantitative estimate of drug-likeness (QED) is 0.359. The Morgan fingerprint density at radius 2 is 1.92 bits per heavy atom. The smallest absolute Gasteiger partial charge is 0.330 e. The molecule has 0 aromatic carbocycles. The molecule has 0 N–H and O–H groups in total. The second-order valence-electron chi connectivity index (χ2n) is 2.78. The van der Waals surface area contributed by atoms with Gasteiger partial charge in [-0.2, -0.15) is 0 Å². The summed E-state index contributed by atoms with van der Waals surface area (Å²) < 4.78 is 4.35. The Morgan fingerprint density at radius 1 is 1.23 bits per heavy atom. The lowest BCUT2D eigenvalue weighted by atomic mass is 10.1. The molecule has 0 aliphatic carbocycles. The SMILES string of the molecule is CCCCCC(=O)/C=C/C(=O)OC. The van der Waals surface area contributed by atoms with Crippen LogP contribution in [0, 0.1) is 0 Å². The fraction of sp³-hybridized carbons (Fsp3) is 0.600. The van der Waals surface area contributed by atoms with Gasteiger partial charge in [-0.1, -0.05) is 19.8 Å². The van der Waals surface area contributed by atoms with Crippen LogP contribution in [-0.4, -0.2) is 18.9 Å². The molecule has 3 heteroatoms. The third-order valence-corrected chi connectivity index (χ3v) is 1.63. The lowest BCUT2D eigenvalue weighted by molar-refractivity contribution is -0.135. The number of carbonyl (C=O) groups is 2. The van der Waals surface area contributed by atoms with E-state index in [4.69, 9.17) is 0 Å². The van der Waals surface area contributed by atoms with Gasteiger partial charge in [-0.25, -0.2) is 4.79 Å². The van der Waals surface area contributed by atoms with Crippen molar-refractivity contribution >= 4 is 11.8 Å². The summed E-state index contributed by atoms with van der Waals surface area (Å²) in [6, 6.07) is 0. The number of esters is 1. The third-order valence-electron chi connectivity index (χ3n) is 1.63. The summed E-state index contributed by atoms with van der Waals surface area (Å²) in [4.78, 5) is 21.6. The molecule has 0 saturated heterocycles. The Balaban J connectivity index is 3.61. The van der Waals surface area contributed by atoms with E-state index >= 15 is 0 Å². The molecule has 0 rings (SSSR count). The summed E-state index contributed by atoms with van der Waals surface area (Å²) >= 11 is 0. The van der Waals surface area contributed by atoms with Crippen LogP contribution >= 0.6 is 0 Å². The number of allylic oxidation sites excluding steroid dienone is 1. The van der Waals surface area contributed by atoms with E-state index in [0.717, 1.165) is 25.3 Å². The first kappa shape index (κ1) is 11.9. The summed E-state index contributed by atoms with van der Waals surface area (Å²) in [5, 5.41) is 0. The zero-order chi connectivity index (χ0) is 10.1. The Hall–Kier alpha value is -1.12. The van der Waals surface area contributed by atoms with Crippen LogP contribution in [0.15, 0.2) is 12.2 Å². The Bertz CT molecular complexity index is 194. The van der Waals surface area contributed by atoms with Crippen molar-refractivity contribution in [1.29, 1.82) is 0 Å². The summed E-state index contributed by atoms with van der Waals surface area (Å²) in [5.74, 6) is -0.498. The molecule has 0 amide bonds. The molecule has 0 radical (unpaired) electrons. The monoisotopic (exact) mass is 184 g/mol. The van der Waals surface area contributed by atoms with E-state index in [9.17, 15) is 9.59 Å². The average Bonchev–Trinajstić information content (AvgIpc) is 2.14. The molecule has 0 aromatic rings. The maximum atomic E-state index is 11.0. The van der Waals surface area contributed by atoms with Gasteiger partial charge in [0.15, 0.2) is 5.78 Å². The molecule has 3 nitrogen and oxygen atoms in total. The summed E-state index contributed by atoms with van der Waals surface area (Å²) in [7, 11) is 1.29. The molecule has 0 aliphatic heterocycles. The van der Waals surface area contributed by atoms with E-state index in [1.54, 1.807) is 0 Å². The van der Waals surface area contributed by atoms with Crippen molar-refractivity contribution in [3.05, 3.63) is 12.2 Å². The third kappa shape index (κ3) is 7.25. The second-order valence-corrected chi connectivity index (χ2v) is 2.78. The van der Waals surface area contributed by atoms with E-state index < -0.39 is 5.97 Å². The number of rotatable bonds is 6. The van der Waals surface area contributed by atoms with Gasteiger partial charge in [0, 0.05) is 12.5 Å². The van der Waals surface area contributed by atoms with Crippen molar-refractivity contribution in [2.45, 2.75) is 32.6 Å². The normalized spacial score (nSPS) is 10.3. The zero-order valence-corrected chi connectivity index (χ0v) is 8.21. The molecule has 0 saturated carbocycles. The highest BCUT2D eigenvalue weighted by atomic mass is 16.5. The number of ketones is 1. The highest BCUT2D eigenvalue weighted by Crippen LogP contribution is 2.00. The summed E-state index contributed by atoms with van der Waals surface area (Å²) in [6.45, 7) is 2.08. The maximum Gasteiger partial charge on any atom is 0.330 e. The first-order valence-electron chi connectivity index (χ1n) is 4.49. The van der Waals surface area contributed by atoms with Crippen LogP contribution in [-0.2, 0) is 14.3 Å². The van der Waals surface area contributed by atoms with Crippen LogP contribution < -0.4 is 0 Å². The van der Waals surface area contributed by atoms with Gasteiger partial charge in [0.05, 0.1) is 7.11 Å². The van der Waals surface area contributed by atoms with Gasteiger partial charge in [-0.3, -0.25) is 4.79 Å². The highest BCUT2D eigenvalue weighted by Gasteiger charge is 1.97. The fourth-order valence-corrected chi connectivity index (χ4v) is 0.862. The minimum Gasteiger partial charge on any atom is -0.466 e. The predicted octanol–water partition coefficient (Wildman–Crippen LogP) is 1.86. The van der Waals surface area contributed by atoms with Gasteiger partial charge < -0.3 is 4.74 Å². The van der Waals surface area contributed by atoms with E-state index in [1.165, 1.54) is 13.2 Å². The van der Waals surface area contributed by atoms with Crippen LogP contribution in [0.3, 0.4) is 0 Å². The molecule has 74 valence electrons. The first-order chi connectivity index (χ1) is 6.20. The molecular weight excluding hydrogens is 168 g/mol. The molecule has 0 fully saturated rings.